The molecule has 0 aliphatic carbocycles. The molecule has 1 aromatic heterocycles. The Balaban J connectivity index is 2.84. The molecule has 0 saturated carbocycles. The summed E-state index contributed by atoms with van der Waals surface area (Å²) in [5, 5.41) is 0. The second kappa shape index (κ2) is 6.00. The average Bonchev–Trinajstić information content (AvgIpc) is 2.23. The molecule has 0 amide bonds. The summed E-state index contributed by atoms with van der Waals surface area (Å²) >= 11 is 0. The maximum Gasteiger partial charge on any atom is 0.158 e. The number of nitrogens with two attached hydrogens (primary N) is 1. The second-order valence-corrected chi connectivity index (χ2v) is 5.62. The van der Waals surface area contributed by atoms with Crippen LogP contribution in [0.1, 0.15) is 33.5 Å². The van der Waals surface area contributed by atoms with Gasteiger partial charge in [0.15, 0.2) is 5.82 Å². The van der Waals surface area contributed by atoms with E-state index in [4.69, 9.17) is 10.5 Å². The maximum absolute atomic E-state index is 5.80. The van der Waals surface area contributed by atoms with Crippen LogP contribution in [0.2, 0.25) is 0 Å². The van der Waals surface area contributed by atoms with Crippen molar-refractivity contribution in [2.75, 3.05) is 30.8 Å². The van der Waals surface area contributed by atoms with Gasteiger partial charge in [0.1, 0.15) is 18.2 Å². The zero-order valence-electron chi connectivity index (χ0n) is 12.0. The number of hydrogen-bond donors (Lipinski definition) is 1. The smallest absolute Gasteiger partial charge is 0.158 e. The van der Waals surface area contributed by atoms with Gasteiger partial charge in [-0.2, -0.15) is 0 Å². The lowest BCUT2D eigenvalue weighted by molar-refractivity contribution is 0.128. The molecule has 2 N–H and O–H groups in total. The largest absolute Gasteiger partial charge is 0.384 e. The molecule has 0 bridgehead atoms. The molecule has 102 valence electrons. The number of hydrogen-bond acceptors (Lipinski definition) is 5. The van der Waals surface area contributed by atoms with E-state index in [2.05, 4.69) is 35.6 Å². The Kier molecular flexibility index (Phi) is 4.90. The van der Waals surface area contributed by atoms with Crippen LogP contribution in [0, 0.1) is 5.41 Å². The molecular weight excluding hydrogens is 228 g/mol. The standard InChI is InChI=1S/C13H24N4O/c1-6-18-8-11-15-10(14)7-12(16-11)17(5)9-13(2,3)4/h7H,6,8-9H2,1-5H3,(H2,14,15,16). The Morgan fingerprint density at radius 1 is 1.33 bits per heavy atom. The first-order valence-electron chi connectivity index (χ1n) is 6.24. The Labute approximate surface area is 109 Å². The minimum Gasteiger partial charge on any atom is -0.384 e. The van der Waals surface area contributed by atoms with Crippen molar-refractivity contribution >= 4 is 11.6 Å². The summed E-state index contributed by atoms with van der Waals surface area (Å²) in [5.41, 5.74) is 6.00. The van der Waals surface area contributed by atoms with Crippen molar-refractivity contribution in [3.05, 3.63) is 11.9 Å². The topological polar surface area (TPSA) is 64.3 Å². The van der Waals surface area contributed by atoms with Gasteiger partial charge in [0.25, 0.3) is 0 Å². The van der Waals surface area contributed by atoms with E-state index in [0.717, 1.165) is 12.4 Å². The molecule has 1 heterocycles. The Bertz CT molecular complexity index is 387. The van der Waals surface area contributed by atoms with E-state index in [1.54, 1.807) is 6.07 Å². The molecule has 0 spiro atoms. The third kappa shape index (κ3) is 4.87. The fourth-order valence-corrected chi connectivity index (χ4v) is 1.75. The highest BCUT2D eigenvalue weighted by molar-refractivity contribution is 5.46. The molecule has 0 aliphatic heterocycles. The van der Waals surface area contributed by atoms with Gasteiger partial charge >= 0.3 is 0 Å². The number of aromatic nitrogens is 2. The van der Waals surface area contributed by atoms with E-state index in [0.29, 0.717) is 24.9 Å². The lowest BCUT2D eigenvalue weighted by Gasteiger charge is -2.27. The van der Waals surface area contributed by atoms with Crippen LogP contribution in [0.15, 0.2) is 6.07 Å². The van der Waals surface area contributed by atoms with Gasteiger partial charge in [-0.15, -0.1) is 0 Å². The fraction of sp³-hybridized carbons (Fsp3) is 0.692. The predicted molar refractivity (Wildman–Crippen MR) is 74.5 cm³/mol. The van der Waals surface area contributed by atoms with E-state index in [1.165, 1.54) is 0 Å². The number of rotatable bonds is 5. The van der Waals surface area contributed by atoms with Gasteiger partial charge in [-0.3, -0.25) is 0 Å². The van der Waals surface area contributed by atoms with Crippen molar-refractivity contribution in [3.63, 3.8) is 0 Å². The molecule has 1 rings (SSSR count). The lowest BCUT2D eigenvalue weighted by Crippen LogP contribution is -2.30. The fourth-order valence-electron chi connectivity index (χ4n) is 1.75. The first-order valence-corrected chi connectivity index (χ1v) is 6.24. The monoisotopic (exact) mass is 252 g/mol. The first-order chi connectivity index (χ1) is 8.31. The first kappa shape index (κ1) is 14.7. The van der Waals surface area contributed by atoms with E-state index < -0.39 is 0 Å². The minimum atomic E-state index is 0.203. The van der Waals surface area contributed by atoms with Crippen molar-refractivity contribution in [3.8, 4) is 0 Å². The van der Waals surface area contributed by atoms with E-state index in [-0.39, 0.29) is 5.41 Å². The Morgan fingerprint density at radius 3 is 2.56 bits per heavy atom. The summed E-state index contributed by atoms with van der Waals surface area (Å²) in [4.78, 5) is 10.7. The van der Waals surface area contributed by atoms with Crippen LogP contribution in [0.3, 0.4) is 0 Å². The third-order valence-electron chi connectivity index (χ3n) is 2.32. The van der Waals surface area contributed by atoms with Crippen molar-refractivity contribution in [2.45, 2.75) is 34.3 Å². The third-order valence-corrected chi connectivity index (χ3v) is 2.32. The van der Waals surface area contributed by atoms with Crippen LogP contribution in [0.25, 0.3) is 0 Å². The molecular formula is C13H24N4O. The van der Waals surface area contributed by atoms with E-state index in [9.17, 15) is 0 Å². The van der Waals surface area contributed by atoms with Gasteiger partial charge in [0, 0.05) is 26.3 Å². The molecule has 0 unspecified atom stereocenters. The van der Waals surface area contributed by atoms with Gasteiger partial charge in [-0.05, 0) is 12.3 Å². The van der Waals surface area contributed by atoms with Crippen LogP contribution >= 0.6 is 0 Å². The summed E-state index contributed by atoms with van der Waals surface area (Å²) in [6.07, 6.45) is 0. The van der Waals surface area contributed by atoms with Crippen molar-refractivity contribution in [1.29, 1.82) is 0 Å². The zero-order chi connectivity index (χ0) is 13.8. The molecule has 0 atom stereocenters. The van der Waals surface area contributed by atoms with Crippen LogP contribution in [0.4, 0.5) is 11.6 Å². The molecule has 0 aromatic carbocycles. The predicted octanol–water partition coefficient (Wildman–Crippen LogP) is 2.08. The summed E-state index contributed by atoms with van der Waals surface area (Å²) in [6, 6.07) is 1.79. The minimum absolute atomic E-state index is 0.203. The second-order valence-electron chi connectivity index (χ2n) is 5.62. The van der Waals surface area contributed by atoms with E-state index in [1.807, 2.05) is 14.0 Å². The van der Waals surface area contributed by atoms with Crippen molar-refractivity contribution < 1.29 is 4.74 Å². The molecule has 0 aliphatic rings. The molecule has 1 aromatic rings. The number of ether oxygens (including phenoxy) is 1. The quantitative estimate of drug-likeness (QED) is 0.869. The average molecular weight is 252 g/mol. The highest BCUT2D eigenvalue weighted by Gasteiger charge is 2.15. The van der Waals surface area contributed by atoms with Crippen LogP contribution in [-0.4, -0.2) is 30.2 Å². The highest BCUT2D eigenvalue weighted by atomic mass is 16.5. The van der Waals surface area contributed by atoms with Gasteiger partial charge in [0.2, 0.25) is 0 Å². The van der Waals surface area contributed by atoms with Crippen LogP contribution in [0.5, 0.6) is 0 Å². The lowest BCUT2D eigenvalue weighted by atomic mass is 9.96. The number of nitrogen functional groups attached to an aromatic ring is 1. The summed E-state index contributed by atoms with van der Waals surface area (Å²) in [7, 11) is 2.01. The summed E-state index contributed by atoms with van der Waals surface area (Å²) in [6.45, 7) is 10.5. The van der Waals surface area contributed by atoms with Gasteiger partial charge < -0.3 is 15.4 Å². The van der Waals surface area contributed by atoms with Crippen LogP contribution in [-0.2, 0) is 11.3 Å². The molecule has 0 radical (unpaired) electrons. The molecule has 18 heavy (non-hydrogen) atoms. The summed E-state index contributed by atoms with van der Waals surface area (Å²) < 4.78 is 5.31. The number of anilines is 2. The van der Waals surface area contributed by atoms with Crippen LogP contribution < -0.4 is 10.6 Å². The number of nitrogens with zero attached hydrogens (tertiary/aromatic N) is 3. The Morgan fingerprint density at radius 2 is 2.00 bits per heavy atom. The molecule has 0 saturated heterocycles. The SMILES string of the molecule is CCOCc1nc(N)cc(N(C)CC(C)(C)C)n1. The summed E-state index contributed by atoms with van der Waals surface area (Å²) in [5.74, 6) is 1.95. The zero-order valence-corrected chi connectivity index (χ0v) is 12.0. The van der Waals surface area contributed by atoms with Crippen molar-refractivity contribution in [1.82, 2.24) is 9.97 Å². The maximum atomic E-state index is 5.80. The van der Waals surface area contributed by atoms with Gasteiger partial charge in [-0.25, -0.2) is 9.97 Å². The van der Waals surface area contributed by atoms with Crippen molar-refractivity contribution in [2.24, 2.45) is 5.41 Å². The molecule has 5 nitrogen and oxygen atoms in total. The Hall–Kier alpha value is -1.36. The molecule has 0 fully saturated rings. The normalized spacial score (nSPS) is 11.6. The van der Waals surface area contributed by atoms with Gasteiger partial charge in [-0.1, -0.05) is 20.8 Å². The van der Waals surface area contributed by atoms with E-state index >= 15 is 0 Å². The highest BCUT2D eigenvalue weighted by Crippen LogP contribution is 2.20. The molecule has 5 heteroatoms. The van der Waals surface area contributed by atoms with Gasteiger partial charge in [0.05, 0.1) is 0 Å².